The maximum atomic E-state index is 2.58. The maximum absolute atomic E-state index is 2.58. The Hall–Kier alpha value is 4.59. The van der Waals surface area contributed by atoms with Crippen LogP contribution in [0.15, 0.2) is 24.3 Å². The summed E-state index contributed by atoms with van der Waals surface area (Å²) in [5, 5.41) is 0. The van der Waals surface area contributed by atoms with Crippen LogP contribution in [-0.2, 0) is 148 Å². The van der Waals surface area contributed by atoms with Gasteiger partial charge in [-0.1, -0.05) is 30.7 Å². The Labute approximate surface area is 245 Å². The van der Waals surface area contributed by atoms with Crippen LogP contribution < -0.4 is 0 Å². The van der Waals surface area contributed by atoms with E-state index in [2.05, 4.69) is 44.3 Å². The second kappa shape index (κ2) is 20.9. The molecule has 0 N–H and O–H groups in total. The third-order valence-electron chi connectivity index (χ3n) is 3.60. The second-order valence-corrected chi connectivity index (χ2v) is 5.98. The standard InChI is InChI=1S/C14H20P.CH3.Fe.4Y/c1-11-7-3-4-8-12(11)13-9-5-6-10-14(13)15-2;;;;;;/h3-4,7-8,10,13-15H,5-6,9H2,1-2H3;1H3;;;;;/q2*-1;+2;;;;/p+1. The van der Waals surface area contributed by atoms with Crippen LogP contribution >= 0.6 is 8.58 Å². The van der Waals surface area contributed by atoms with Crippen LogP contribution in [0.3, 0.4) is 0 Å². The molecule has 0 heterocycles. The molecule has 1 aliphatic carbocycles. The van der Waals surface area contributed by atoms with Gasteiger partial charge in [-0.2, -0.15) is 6.42 Å². The molecule has 1 aromatic carbocycles. The van der Waals surface area contributed by atoms with Crippen molar-refractivity contribution < 1.29 is 148 Å². The molecule has 3 unspecified atom stereocenters. The Morgan fingerprint density at radius 2 is 1.67 bits per heavy atom. The summed E-state index contributed by atoms with van der Waals surface area (Å²) in [5.74, 6) is 0.819. The van der Waals surface area contributed by atoms with Crippen LogP contribution in [0.25, 0.3) is 0 Å². The fraction of sp³-hybridized carbons (Fsp3) is 0.467. The van der Waals surface area contributed by atoms with E-state index in [0.29, 0.717) is 8.58 Å². The first-order chi connectivity index (χ1) is 7.33. The van der Waals surface area contributed by atoms with Gasteiger partial charge in [0.1, 0.15) is 0 Å². The van der Waals surface area contributed by atoms with E-state index < -0.39 is 0 Å². The van der Waals surface area contributed by atoms with Gasteiger partial charge in [-0.3, -0.25) is 6.42 Å². The summed E-state index contributed by atoms with van der Waals surface area (Å²) in [7, 11) is 0.580. The number of aryl methyl sites for hydroxylation is 1. The molecule has 21 heavy (non-hydrogen) atoms. The van der Waals surface area contributed by atoms with Crippen LogP contribution in [-0.4, -0.2) is 12.3 Å². The molecule has 4 radical (unpaired) electrons. The molecule has 0 nitrogen and oxygen atoms in total. The topological polar surface area (TPSA) is 0 Å². The van der Waals surface area contributed by atoms with Gasteiger partial charge >= 0.3 is 17.1 Å². The fourth-order valence-corrected chi connectivity index (χ4v) is 4.07. The molecule has 0 amide bonds. The molecule has 108 valence electrons. The van der Waals surface area contributed by atoms with Crippen molar-refractivity contribution in [1.82, 2.24) is 0 Å². The van der Waals surface area contributed by atoms with Crippen LogP contribution in [0.5, 0.6) is 0 Å². The van der Waals surface area contributed by atoms with Gasteiger partial charge in [0.05, 0.1) is 0 Å². The molecule has 0 saturated heterocycles. The van der Waals surface area contributed by atoms with E-state index >= 15 is 0 Å². The Balaban J connectivity index is -0.000000142. The Bertz CT molecular complexity index is 339. The molecule has 6 heteroatoms. The van der Waals surface area contributed by atoms with Crippen molar-refractivity contribution >= 4 is 8.58 Å². The SMILES string of the molecule is C[PH2+]C1[CH-]CCCC1c1ccccc1C.[CH3-].[Fe+2].[Y].[Y].[Y].[Y]. The summed E-state index contributed by atoms with van der Waals surface area (Å²) in [6.07, 6.45) is 6.70. The molecule has 2 rings (SSSR count). The quantitative estimate of drug-likeness (QED) is 0.256. The third-order valence-corrected chi connectivity index (χ3v) is 5.10. The minimum atomic E-state index is 0. The van der Waals surface area contributed by atoms with Gasteiger partial charge in [-0.05, 0) is 44.6 Å². The molecule has 1 aromatic rings. The first kappa shape index (κ1) is 36.5. The van der Waals surface area contributed by atoms with Gasteiger partial charge in [0.25, 0.3) is 0 Å². The smallest absolute Gasteiger partial charge is 0.358 e. The van der Waals surface area contributed by atoms with Crippen LogP contribution in [0.1, 0.15) is 36.3 Å². The summed E-state index contributed by atoms with van der Waals surface area (Å²) in [4.78, 5) is 0. The van der Waals surface area contributed by atoms with Crippen molar-refractivity contribution in [3.63, 3.8) is 0 Å². The Kier molecular flexibility index (Phi) is 36.3. The number of hydrogen-bond donors (Lipinski definition) is 0. The maximum Gasteiger partial charge on any atom is 2.00 e. The van der Waals surface area contributed by atoms with E-state index in [0.717, 1.165) is 11.6 Å². The first-order valence-corrected chi connectivity index (χ1v) is 7.83. The van der Waals surface area contributed by atoms with Crippen molar-refractivity contribution in [2.75, 3.05) is 6.66 Å². The normalized spacial score (nSPS) is 19.5. The van der Waals surface area contributed by atoms with Crippen molar-refractivity contribution in [3.8, 4) is 0 Å². The van der Waals surface area contributed by atoms with Gasteiger partial charge in [0.15, 0.2) is 0 Å². The number of rotatable bonds is 2. The first-order valence-electron chi connectivity index (χ1n) is 6.01. The van der Waals surface area contributed by atoms with Crippen LogP contribution in [0.2, 0.25) is 0 Å². The molecule has 0 bridgehead atoms. The average molecular weight is 647 g/mol. The summed E-state index contributed by atoms with van der Waals surface area (Å²) < 4.78 is 0. The summed E-state index contributed by atoms with van der Waals surface area (Å²) in [6, 6.07) is 8.94. The van der Waals surface area contributed by atoms with E-state index in [1.165, 1.54) is 24.8 Å². The zero-order valence-corrected chi connectivity index (χ0v) is 27.0. The summed E-state index contributed by atoms with van der Waals surface area (Å²) >= 11 is 0. The van der Waals surface area contributed by atoms with Gasteiger partial charge in [0, 0.05) is 138 Å². The van der Waals surface area contributed by atoms with Crippen LogP contribution in [0, 0.1) is 20.8 Å². The van der Waals surface area contributed by atoms with Gasteiger partial charge in [-0.15, -0.1) is 0 Å². The second-order valence-electron chi connectivity index (χ2n) is 4.54. The molecular formula is C15H24FePY4+. The predicted molar refractivity (Wildman–Crippen MR) is 77.9 cm³/mol. The summed E-state index contributed by atoms with van der Waals surface area (Å²) in [5.41, 5.74) is 3.98. The van der Waals surface area contributed by atoms with Gasteiger partial charge in [-0.25, -0.2) is 0 Å². The van der Waals surface area contributed by atoms with E-state index in [1.54, 1.807) is 5.56 Å². The predicted octanol–water partition coefficient (Wildman–Crippen LogP) is 4.31. The third kappa shape index (κ3) is 11.8. The van der Waals surface area contributed by atoms with Crippen molar-refractivity contribution in [2.24, 2.45) is 0 Å². The molecule has 0 aromatic heterocycles. The molecule has 0 spiro atoms. The minimum Gasteiger partial charge on any atom is -0.358 e. The fourth-order valence-electron chi connectivity index (χ4n) is 2.74. The Morgan fingerprint density at radius 3 is 2.19 bits per heavy atom. The van der Waals surface area contributed by atoms with Crippen molar-refractivity contribution in [2.45, 2.75) is 37.8 Å². The number of benzene rings is 1. The molecule has 3 atom stereocenters. The monoisotopic (exact) mass is 647 g/mol. The van der Waals surface area contributed by atoms with Crippen molar-refractivity contribution in [3.05, 3.63) is 49.2 Å². The molecule has 1 aliphatic rings. The van der Waals surface area contributed by atoms with E-state index in [4.69, 9.17) is 0 Å². The molecule has 0 aliphatic heterocycles. The number of hydrogen-bond acceptors (Lipinski definition) is 0. The minimum absolute atomic E-state index is 0. The zero-order chi connectivity index (χ0) is 10.7. The van der Waals surface area contributed by atoms with Gasteiger partial charge in [0.2, 0.25) is 0 Å². The Morgan fingerprint density at radius 1 is 1.10 bits per heavy atom. The van der Waals surface area contributed by atoms with E-state index in [9.17, 15) is 0 Å². The van der Waals surface area contributed by atoms with Gasteiger partial charge < -0.3 is 7.43 Å². The molecular weight excluding hydrogens is 623 g/mol. The zero-order valence-electron chi connectivity index (χ0n) is 13.4. The van der Waals surface area contributed by atoms with E-state index in [-0.39, 0.29) is 155 Å². The largest absolute Gasteiger partial charge is 2.00 e. The average Bonchev–Trinajstić information content (AvgIpc) is 2.30. The summed E-state index contributed by atoms with van der Waals surface area (Å²) in [6.45, 7) is 4.66. The van der Waals surface area contributed by atoms with Crippen LogP contribution in [0.4, 0.5) is 0 Å². The van der Waals surface area contributed by atoms with Crippen molar-refractivity contribution in [1.29, 1.82) is 0 Å². The van der Waals surface area contributed by atoms with E-state index in [1.807, 2.05) is 0 Å². The molecule has 1 saturated carbocycles. The molecule has 1 fully saturated rings.